The number of ether oxygens (including phenoxy) is 1. The Balaban J connectivity index is 1.71. The number of nitrogens with one attached hydrogen (secondary N) is 1. The van der Waals surface area contributed by atoms with Gasteiger partial charge in [0.05, 0.1) is 29.5 Å². The molecule has 2 aliphatic rings. The number of imide groups is 1. The van der Waals surface area contributed by atoms with Crippen molar-refractivity contribution in [3.8, 4) is 5.75 Å². The van der Waals surface area contributed by atoms with Crippen LogP contribution >= 0.6 is 0 Å². The second kappa shape index (κ2) is 9.83. The molecule has 1 fully saturated rings. The predicted octanol–water partition coefficient (Wildman–Crippen LogP) is 2.01. The number of hydrogen-bond acceptors (Lipinski definition) is 6. The number of fused-ring (bicyclic) bond motifs is 1. The lowest BCUT2D eigenvalue weighted by molar-refractivity contribution is -0.140. The summed E-state index contributed by atoms with van der Waals surface area (Å²) in [6.45, 7) is 4.13. The quantitative estimate of drug-likeness (QED) is 0.443. The van der Waals surface area contributed by atoms with Crippen LogP contribution in [0.3, 0.4) is 0 Å². The fourth-order valence-electron chi connectivity index (χ4n) is 4.17. The first kappa shape index (κ1) is 23.9. The van der Waals surface area contributed by atoms with Crippen LogP contribution < -0.4 is 10.1 Å². The van der Waals surface area contributed by atoms with E-state index in [0.717, 1.165) is 0 Å². The maximum atomic E-state index is 12.8. The second-order valence-electron chi connectivity index (χ2n) is 7.73. The number of nitrogens with zero attached hydrogens (tertiary/aromatic N) is 2. The molecule has 1 aromatic carbocycles. The molecule has 9 nitrogen and oxygen atoms in total. The summed E-state index contributed by atoms with van der Waals surface area (Å²) in [4.78, 5) is 38.9. The zero-order valence-electron chi connectivity index (χ0n) is 18.5. The molecule has 3 amide bonds. The third-order valence-electron chi connectivity index (χ3n) is 5.95. The van der Waals surface area contributed by atoms with Crippen LogP contribution in [0.15, 0.2) is 35.2 Å². The number of methoxy groups -OCH3 is 1. The molecule has 0 spiro atoms. The Morgan fingerprint density at radius 2 is 1.72 bits per heavy atom. The van der Waals surface area contributed by atoms with Crippen LogP contribution in [-0.4, -0.2) is 62.1 Å². The molecule has 0 bridgehead atoms. The Kier molecular flexibility index (Phi) is 7.35. The average Bonchev–Trinajstić information content (AvgIpc) is 3.03. The predicted molar refractivity (Wildman–Crippen MR) is 118 cm³/mol. The maximum Gasteiger partial charge on any atom is 0.243 e. The summed E-state index contributed by atoms with van der Waals surface area (Å²) in [6, 6.07) is 4.27. The van der Waals surface area contributed by atoms with Gasteiger partial charge in [-0.3, -0.25) is 19.3 Å². The van der Waals surface area contributed by atoms with Crippen LogP contribution in [0.4, 0.5) is 5.69 Å². The van der Waals surface area contributed by atoms with Crippen LogP contribution in [0.5, 0.6) is 5.75 Å². The third kappa shape index (κ3) is 4.56. The first-order chi connectivity index (χ1) is 15.2. The molecule has 1 aliphatic heterocycles. The number of benzene rings is 1. The van der Waals surface area contributed by atoms with Gasteiger partial charge >= 0.3 is 0 Å². The fraction of sp³-hybridized carbons (Fsp3) is 0.500. The fourth-order valence-corrected chi connectivity index (χ4v) is 5.66. The number of sulfonamides is 1. The van der Waals surface area contributed by atoms with Crippen molar-refractivity contribution in [3.05, 3.63) is 30.4 Å². The van der Waals surface area contributed by atoms with Crippen molar-refractivity contribution >= 4 is 33.4 Å². The van der Waals surface area contributed by atoms with Crippen LogP contribution in [-0.2, 0) is 24.4 Å². The smallest absolute Gasteiger partial charge is 0.243 e. The van der Waals surface area contributed by atoms with Gasteiger partial charge in [-0.1, -0.05) is 26.0 Å². The zero-order chi connectivity index (χ0) is 23.5. The SMILES string of the molecule is CCN(CC)S(=O)(=O)c1ccc(OC)c(NC(=O)CCN2C(=O)[C@@H]3CC=CC[C@H]3C2=O)c1. The molecule has 0 radical (unpaired) electrons. The van der Waals surface area contributed by atoms with E-state index in [9.17, 15) is 22.8 Å². The van der Waals surface area contributed by atoms with Gasteiger partial charge in [0.25, 0.3) is 0 Å². The third-order valence-corrected chi connectivity index (χ3v) is 8.00. The van der Waals surface area contributed by atoms with E-state index in [-0.39, 0.29) is 47.2 Å². The topological polar surface area (TPSA) is 113 Å². The highest BCUT2D eigenvalue weighted by Crippen LogP contribution is 2.35. The second-order valence-corrected chi connectivity index (χ2v) is 9.67. The Morgan fingerprint density at radius 3 is 2.25 bits per heavy atom. The Hall–Kier alpha value is -2.72. The number of allylic oxidation sites excluding steroid dienone is 2. The van der Waals surface area contributed by atoms with Gasteiger partial charge in [-0.15, -0.1) is 0 Å². The van der Waals surface area contributed by atoms with Crippen LogP contribution in [0.25, 0.3) is 0 Å². The van der Waals surface area contributed by atoms with E-state index < -0.39 is 15.9 Å². The highest BCUT2D eigenvalue weighted by molar-refractivity contribution is 7.89. The lowest BCUT2D eigenvalue weighted by Gasteiger charge is -2.20. The molecule has 1 N–H and O–H groups in total. The molecule has 1 aliphatic carbocycles. The van der Waals surface area contributed by atoms with Gasteiger partial charge in [-0.2, -0.15) is 4.31 Å². The lowest BCUT2D eigenvalue weighted by atomic mass is 9.85. The molecule has 3 rings (SSSR count). The minimum Gasteiger partial charge on any atom is -0.495 e. The van der Waals surface area contributed by atoms with E-state index >= 15 is 0 Å². The molecule has 0 unspecified atom stereocenters. The number of rotatable bonds is 9. The van der Waals surface area contributed by atoms with E-state index in [2.05, 4.69) is 5.32 Å². The Morgan fingerprint density at radius 1 is 1.12 bits per heavy atom. The van der Waals surface area contributed by atoms with Crippen LogP contribution in [0, 0.1) is 11.8 Å². The molecule has 0 aromatic heterocycles. The van der Waals surface area contributed by atoms with Crippen molar-refractivity contribution in [1.82, 2.24) is 9.21 Å². The minimum absolute atomic E-state index is 0.0176. The largest absolute Gasteiger partial charge is 0.495 e. The van der Waals surface area contributed by atoms with E-state index in [1.807, 2.05) is 12.2 Å². The number of likely N-dealkylation sites (tertiary alicyclic amines) is 1. The first-order valence-electron chi connectivity index (χ1n) is 10.7. The van der Waals surface area contributed by atoms with Crippen molar-refractivity contribution < 1.29 is 27.5 Å². The zero-order valence-corrected chi connectivity index (χ0v) is 19.4. The van der Waals surface area contributed by atoms with E-state index in [1.54, 1.807) is 13.8 Å². The summed E-state index contributed by atoms with van der Waals surface area (Å²) in [5.41, 5.74) is 0.211. The van der Waals surface area contributed by atoms with Crippen molar-refractivity contribution in [2.24, 2.45) is 11.8 Å². The molecular weight excluding hydrogens is 434 g/mol. The van der Waals surface area contributed by atoms with Gasteiger partial charge in [-0.05, 0) is 31.0 Å². The normalized spacial score (nSPS) is 20.6. The molecule has 1 heterocycles. The highest BCUT2D eigenvalue weighted by atomic mass is 32.2. The standard InChI is InChI=1S/C22H29N3O6S/c1-4-24(5-2)32(29,30)15-10-11-19(31-3)18(14-15)23-20(26)12-13-25-21(27)16-8-6-7-9-17(16)22(25)28/h6-7,10-11,14,16-17H,4-5,8-9,12-13H2,1-3H3,(H,23,26)/t16-,17-/m1/s1. The first-order valence-corrected chi connectivity index (χ1v) is 12.2. The summed E-state index contributed by atoms with van der Waals surface area (Å²) >= 11 is 0. The molecule has 1 saturated heterocycles. The van der Waals surface area contributed by atoms with Crippen LogP contribution in [0.2, 0.25) is 0 Å². The number of carbonyl (C=O) groups excluding carboxylic acids is 3. The van der Waals surface area contributed by atoms with E-state index in [4.69, 9.17) is 4.74 Å². The summed E-state index contributed by atoms with van der Waals surface area (Å²) in [5.74, 6) is -1.28. The van der Waals surface area contributed by atoms with Gasteiger partial charge in [0, 0.05) is 26.1 Å². The summed E-state index contributed by atoms with van der Waals surface area (Å²) in [5, 5.41) is 2.66. The molecular formula is C22H29N3O6S. The van der Waals surface area contributed by atoms with Gasteiger partial charge in [0.1, 0.15) is 5.75 Å². The number of anilines is 1. The lowest BCUT2D eigenvalue weighted by Crippen LogP contribution is -2.34. The molecule has 174 valence electrons. The van der Waals surface area contributed by atoms with Gasteiger partial charge in [0.2, 0.25) is 27.7 Å². The monoisotopic (exact) mass is 463 g/mol. The number of carbonyl (C=O) groups is 3. The molecule has 10 heteroatoms. The molecule has 2 atom stereocenters. The number of amides is 3. The van der Waals surface area contributed by atoms with Crippen molar-refractivity contribution in [2.75, 3.05) is 32.1 Å². The van der Waals surface area contributed by atoms with Gasteiger partial charge < -0.3 is 10.1 Å². The Bertz CT molecular complexity index is 1010. The minimum atomic E-state index is -3.71. The summed E-state index contributed by atoms with van der Waals surface area (Å²) < 4.78 is 32.2. The van der Waals surface area contributed by atoms with Gasteiger partial charge in [0.15, 0.2) is 0 Å². The van der Waals surface area contributed by atoms with E-state index in [1.165, 1.54) is 34.5 Å². The van der Waals surface area contributed by atoms with E-state index in [0.29, 0.717) is 31.7 Å². The average molecular weight is 464 g/mol. The summed E-state index contributed by atoms with van der Waals surface area (Å²) in [6.07, 6.45) is 4.81. The Labute approximate surface area is 188 Å². The molecule has 0 saturated carbocycles. The highest BCUT2D eigenvalue weighted by Gasteiger charge is 2.46. The van der Waals surface area contributed by atoms with Crippen LogP contribution in [0.1, 0.15) is 33.1 Å². The van der Waals surface area contributed by atoms with Gasteiger partial charge in [-0.25, -0.2) is 8.42 Å². The molecule has 32 heavy (non-hydrogen) atoms. The maximum absolute atomic E-state index is 12.8. The summed E-state index contributed by atoms with van der Waals surface area (Å²) in [7, 11) is -2.30. The van der Waals surface area contributed by atoms with Crippen molar-refractivity contribution in [2.45, 2.75) is 38.0 Å². The van der Waals surface area contributed by atoms with Crippen molar-refractivity contribution in [3.63, 3.8) is 0 Å². The van der Waals surface area contributed by atoms with Crippen molar-refractivity contribution in [1.29, 1.82) is 0 Å². The number of hydrogen-bond donors (Lipinski definition) is 1. The molecule has 1 aromatic rings.